The molecule has 1 saturated carbocycles. The van der Waals surface area contributed by atoms with Gasteiger partial charge in [0.15, 0.2) is 0 Å². The van der Waals surface area contributed by atoms with Crippen LogP contribution < -0.4 is 5.32 Å². The van der Waals surface area contributed by atoms with Crippen LogP contribution in [0.15, 0.2) is 18.2 Å². The molecule has 1 aliphatic rings. The number of aliphatic hydroxyl groups excluding tert-OH is 1. The average Bonchev–Trinajstić information content (AvgIpc) is 2.41. The average molecular weight is 268 g/mol. The van der Waals surface area contributed by atoms with Crippen molar-refractivity contribution in [2.24, 2.45) is 0 Å². The lowest BCUT2D eigenvalue weighted by molar-refractivity contribution is 0.119. The maximum absolute atomic E-state index is 9.63. The molecule has 0 saturated heterocycles. The zero-order chi connectivity index (χ0) is 13.0. The third kappa shape index (κ3) is 3.25. The molecule has 0 radical (unpaired) electrons. The highest BCUT2D eigenvalue weighted by molar-refractivity contribution is 6.31. The summed E-state index contributed by atoms with van der Waals surface area (Å²) in [4.78, 5) is 0. The number of rotatable bonds is 4. The van der Waals surface area contributed by atoms with Gasteiger partial charge in [-0.25, -0.2) is 0 Å². The number of halogens is 1. The molecule has 0 atom stereocenters. The monoisotopic (exact) mass is 267 g/mol. The first-order valence-corrected chi connectivity index (χ1v) is 7.14. The molecule has 1 aliphatic carbocycles. The highest BCUT2D eigenvalue weighted by Gasteiger charge is 2.30. The van der Waals surface area contributed by atoms with Crippen LogP contribution in [0.2, 0.25) is 5.02 Å². The number of nitrogens with one attached hydrogen (secondary N) is 1. The highest BCUT2D eigenvalue weighted by Crippen LogP contribution is 2.28. The van der Waals surface area contributed by atoms with E-state index >= 15 is 0 Å². The lowest BCUT2D eigenvalue weighted by Gasteiger charge is -2.36. The van der Waals surface area contributed by atoms with Crippen molar-refractivity contribution < 1.29 is 5.11 Å². The fraction of sp³-hybridized carbons (Fsp3) is 0.600. The highest BCUT2D eigenvalue weighted by atomic mass is 35.5. The van der Waals surface area contributed by atoms with Crippen LogP contribution in [0, 0.1) is 6.92 Å². The Bertz CT molecular complexity index is 399. The van der Waals surface area contributed by atoms with E-state index in [9.17, 15) is 5.11 Å². The SMILES string of the molecule is Cc1ccc(CNC2(CO)CCCCC2)cc1Cl. The molecule has 1 aromatic carbocycles. The van der Waals surface area contributed by atoms with Gasteiger partial charge in [0.2, 0.25) is 0 Å². The van der Waals surface area contributed by atoms with Crippen molar-refractivity contribution in [3.63, 3.8) is 0 Å². The molecule has 18 heavy (non-hydrogen) atoms. The Kier molecular flexibility index (Phi) is 4.66. The molecule has 0 bridgehead atoms. The van der Waals surface area contributed by atoms with E-state index in [4.69, 9.17) is 11.6 Å². The molecule has 0 heterocycles. The van der Waals surface area contributed by atoms with Gasteiger partial charge in [0.25, 0.3) is 0 Å². The molecule has 0 unspecified atom stereocenters. The van der Waals surface area contributed by atoms with Gasteiger partial charge < -0.3 is 10.4 Å². The minimum Gasteiger partial charge on any atom is -0.394 e. The maximum atomic E-state index is 9.63. The molecule has 2 rings (SSSR count). The van der Waals surface area contributed by atoms with E-state index < -0.39 is 0 Å². The normalized spacial score (nSPS) is 18.8. The number of hydrogen-bond acceptors (Lipinski definition) is 2. The Hall–Kier alpha value is -0.570. The van der Waals surface area contributed by atoms with E-state index in [0.29, 0.717) is 0 Å². The smallest absolute Gasteiger partial charge is 0.0613 e. The first-order valence-electron chi connectivity index (χ1n) is 6.76. The summed E-state index contributed by atoms with van der Waals surface area (Å²) in [6.07, 6.45) is 5.86. The molecule has 1 aromatic rings. The Balaban J connectivity index is 1.98. The summed E-state index contributed by atoms with van der Waals surface area (Å²) in [7, 11) is 0. The summed E-state index contributed by atoms with van der Waals surface area (Å²) >= 11 is 6.13. The van der Waals surface area contributed by atoms with Crippen LogP contribution >= 0.6 is 11.6 Å². The lowest BCUT2D eigenvalue weighted by Crippen LogP contribution is -2.49. The van der Waals surface area contributed by atoms with Gasteiger partial charge in [0.1, 0.15) is 0 Å². The third-order valence-electron chi connectivity index (χ3n) is 4.02. The van der Waals surface area contributed by atoms with Gasteiger partial charge in [0.05, 0.1) is 6.61 Å². The van der Waals surface area contributed by atoms with Crippen molar-refractivity contribution in [2.45, 2.75) is 51.1 Å². The summed E-state index contributed by atoms with van der Waals surface area (Å²) in [6, 6.07) is 6.16. The second-order valence-electron chi connectivity index (χ2n) is 5.44. The summed E-state index contributed by atoms with van der Waals surface area (Å²) in [5, 5.41) is 14.0. The number of hydrogen-bond donors (Lipinski definition) is 2. The molecule has 0 aromatic heterocycles. The number of aliphatic hydroxyl groups is 1. The Labute approximate surface area is 114 Å². The Morgan fingerprint density at radius 1 is 1.28 bits per heavy atom. The second-order valence-corrected chi connectivity index (χ2v) is 5.84. The van der Waals surface area contributed by atoms with Crippen LogP contribution in [0.4, 0.5) is 0 Å². The standard InChI is InChI=1S/C15H22ClNO/c1-12-5-6-13(9-14(12)16)10-17-15(11-18)7-3-2-4-8-15/h5-6,9,17-18H,2-4,7-8,10-11H2,1H3. The fourth-order valence-corrected chi connectivity index (χ4v) is 2.86. The molecular formula is C15H22ClNO. The van der Waals surface area contributed by atoms with Gasteiger partial charge in [-0.05, 0) is 37.0 Å². The molecule has 0 amide bonds. The van der Waals surface area contributed by atoms with Gasteiger partial charge in [-0.3, -0.25) is 0 Å². The van der Waals surface area contributed by atoms with Gasteiger partial charge in [-0.1, -0.05) is 43.0 Å². The van der Waals surface area contributed by atoms with Crippen molar-refractivity contribution in [2.75, 3.05) is 6.61 Å². The van der Waals surface area contributed by atoms with E-state index in [1.807, 2.05) is 19.1 Å². The molecular weight excluding hydrogens is 246 g/mol. The van der Waals surface area contributed by atoms with E-state index in [-0.39, 0.29) is 12.1 Å². The van der Waals surface area contributed by atoms with Gasteiger partial charge in [-0.15, -0.1) is 0 Å². The Morgan fingerprint density at radius 2 is 2.00 bits per heavy atom. The van der Waals surface area contributed by atoms with Gasteiger partial charge in [0, 0.05) is 17.1 Å². The fourth-order valence-electron chi connectivity index (χ4n) is 2.66. The van der Waals surface area contributed by atoms with Crippen molar-refractivity contribution in [1.29, 1.82) is 0 Å². The minimum atomic E-state index is -0.0738. The van der Waals surface area contributed by atoms with Crippen molar-refractivity contribution >= 4 is 11.6 Å². The summed E-state index contributed by atoms with van der Waals surface area (Å²) in [5.41, 5.74) is 2.22. The first-order chi connectivity index (χ1) is 8.65. The van der Waals surface area contributed by atoms with Crippen molar-refractivity contribution in [3.05, 3.63) is 34.3 Å². The molecule has 2 N–H and O–H groups in total. The van der Waals surface area contributed by atoms with Crippen LogP contribution in [0.25, 0.3) is 0 Å². The molecule has 2 nitrogen and oxygen atoms in total. The topological polar surface area (TPSA) is 32.3 Å². The number of benzene rings is 1. The second kappa shape index (κ2) is 6.05. The van der Waals surface area contributed by atoms with Crippen LogP contribution in [0.5, 0.6) is 0 Å². The third-order valence-corrected chi connectivity index (χ3v) is 4.42. The Morgan fingerprint density at radius 3 is 2.61 bits per heavy atom. The molecule has 0 spiro atoms. The van der Waals surface area contributed by atoms with Gasteiger partial charge in [-0.2, -0.15) is 0 Å². The van der Waals surface area contributed by atoms with Crippen molar-refractivity contribution in [3.8, 4) is 0 Å². The summed E-state index contributed by atoms with van der Waals surface area (Å²) in [5.74, 6) is 0. The minimum absolute atomic E-state index is 0.0738. The predicted octanol–water partition coefficient (Wildman–Crippen LogP) is 3.43. The van der Waals surface area contributed by atoms with Crippen molar-refractivity contribution in [1.82, 2.24) is 5.32 Å². The van der Waals surface area contributed by atoms with Crippen LogP contribution in [0.3, 0.4) is 0 Å². The first kappa shape index (κ1) is 13.9. The van der Waals surface area contributed by atoms with Crippen LogP contribution in [-0.2, 0) is 6.54 Å². The van der Waals surface area contributed by atoms with Crippen LogP contribution in [0.1, 0.15) is 43.2 Å². The van der Waals surface area contributed by atoms with E-state index in [0.717, 1.165) is 30.0 Å². The summed E-state index contributed by atoms with van der Waals surface area (Å²) in [6.45, 7) is 3.02. The summed E-state index contributed by atoms with van der Waals surface area (Å²) < 4.78 is 0. The quantitative estimate of drug-likeness (QED) is 0.876. The van der Waals surface area contributed by atoms with E-state index in [2.05, 4.69) is 11.4 Å². The molecule has 100 valence electrons. The zero-order valence-electron chi connectivity index (χ0n) is 11.0. The van der Waals surface area contributed by atoms with Crippen LogP contribution in [-0.4, -0.2) is 17.3 Å². The maximum Gasteiger partial charge on any atom is 0.0613 e. The largest absolute Gasteiger partial charge is 0.394 e. The number of aryl methyl sites for hydroxylation is 1. The molecule has 3 heteroatoms. The van der Waals surface area contributed by atoms with E-state index in [1.54, 1.807) is 0 Å². The molecule has 1 fully saturated rings. The lowest BCUT2D eigenvalue weighted by atomic mass is 9.82. The predicted molar refractivity (Wildman–Crippen MR) is 75.9 cm³/mol. The van der Waals surface area contributed by atoms with E-state index in [1.165, 1.54) is 24.8 Å². The zero-order valence-corrected chi connectivity index (χ0v) is 11.8. The molecule has 0 aliphatic heterocycles. The van der Waals surface area contributed by atoms with Gasteiger partial charge >= 0.3 is 0 Å².